The third-order valence-corrected chi connectivity index (χ3v) is 3.89. The van der Waals surface area contributed by atoms with Gasteiger partial charge in [-0.1, -0.05) is 13.3 Å². The Morgan fingerprint density at radius 1 is 1.32 bits per heavy atom. The van der Waals surface area contributed by atoms with E-state index in [-0.39, 0.29) is 17.9 Å². The van der Waals surface area contributed by atoms with Crippen molar-refractivity contribution < 1.29 is 14.7 Å². The van der Waals surface area contributed by atoms with Crippen LogP contribution in [0.2, 0.25) is 0 Å². The molecule has 5 heteroatoms. The van der Waals surface area contributed by atoms with E-state index in [0.717, 1.165) is 38.5 Å². The fourth-order valence-electron chi connectivity index (χ4n) is 2.65. The predicted octanol–water partition coefficient (Wildman–Crippen LogP) is 1.51. The lowest BCUT2D eigenvalue weighted by Crippen LogP contribution is -2.35. The number of hydrogen-bond donors (Lipinski definition) is 3. The van der Waals surface area contributed by atoms with Gasteiger partial charge in [-0.15, -0.1) is 0 Å². The summed E-state index contributed by atoms with van der Waals surface area (Å²) in [6, 6.07) is -0.0484. The maximum atomic E-state index is 11.7. The fourth-order valence-corrected chi connectivity index (χ4v) is 2.65. The lowest BCUT2D eigenvalue weighted by molar-refractivity contribution is -0.143. The van der Waals surface area contributed by atoms with Crippen LogP contribution in [0.4, 0.5) is 0 Å². The molecule has 0 aromatic rings. The number of rotatable bonds is 7. The molecule has 0 aliphatic heterocycles. The van der Waals surface area contributed by atoms with E-state index >= 15 is 0 Å². The summed E-state index contributed by atoms with van der Waals surface area (Å²) in [7, 11) is 0. The highest BCUT2D eigenvalue weighted by atomic mass is 16.4. The summed E-state index contributed by atoms with van der Waals surface area (Å²) in [5.41, 5.74) is 5.82. The standard InChI is InChI=1S/C14H26N2O3/c1-2-3-12(15)8-13(17)16-9-10-4-6-11(7-5-10)14(18)19/h10-12H,2-9,15H2,1H3,(H,16,17)(H,18,19). The van der Waals surface area contributed by atoms with Crippen molar-refractivity contribution in [2.45, 2.75) is 57.9 Å². The van der Waals surface area contributed by atoms with E-state index in [2.05, 4.69) is 12.2 Å². The Labute approximate surface area is 114 Å². The van der Waals surface area contributed by atoms with Gasteiger partial charge in [-0.05, 0) is 38.0 Å². The first-order valence-corrected chi connectivity index (χ1v) is 7.28. The average molecular weight is 270 g/mol. The highest BCUT2D eigenvalue weighted by molar-refractivity contribution is 5.76. The number of amides is 1. The molecule has 1 amide bonds. The molecule has 0 aromatic carbocycles. The first kappa shape index (κ1) is 16.0. The van der Waals surface area contributed by atoms with Crippen LogP contribution in [0.3, 0.4) is 0 Å². The quantitative estimate of drug-likeness (QED) is 0.654. The molecule has 1 fully saturated rings. The highest BCUT2D eigenvalue weighted by Gasteiger charge is 2.25. The summed E-state index contributed by atoms with van der Waals surface area (Å²) < 4.78 is 0. The summed E-state index contributed by atoms with van der Waals surface area (Å²) >= 11 is 0. The Hall–Kier alpha value is -1.10. The maximum absolute atomic E-state index is 11.7. The van der Waals surface area contributed by atoms with Crippen LogP contribution in [0, 0.1) is 11.8 Å². The molecule has 19 heavy (non-hydrogen) atoms. The molecule has 1 unspecified atom stereocenters. The molecule has 1 aliphatic carbocycles. The third kappa shape index (κ3) is 6.05. The molecule has 1 saturated carbocycles. The van der Waals surface area contributed by atoms with Gasteiger partial charge in [0.25, 0.3) is 0 Å². The van der Waals surface area contributed by atoms with E-state index in [0.29, 0.717) is 18.9 Å². The molecule has 1 rings (SSSR count). The van der Waals surface area contributed by atoms with Crippen molar-refractivity contribution in [2.75, 3.05) is 6.54 Å². The molecule has 1 atom stereocenters. The van der Waals surface area contributed by atoms with Crippen molar-refractivity contribution in [1.82, 2.24) is 5.32 Å². The van der Waals surface area contributed by atoms with Crippen LogP contribution in [-0.4, -0.2) is 29.6 Å². The minimum Gasteiger partial charge on any atom is -0.481 e. The van der Waals surface area contributed by atoms with Crippen LogP contribution in [0.25, 0.3) is 0 Å². The van der Waals surface area contributed by atoms with E-state index in [1.165, 1.54) is 0 Å². The highest BCUT2D eigenvalue weighted by Crippen LogP contribution is 2.28. The van der Waals surface area contributed by atoms with Crippen molar-refractivity contribution in [2.24, 2.45) is 17.6 Å². The fraction of sp³-hybridized carbons (Fsp3) is 0.857. The number of carboxylic acids is 1. The second-order valence-electron chi connectivity index (χ2n) is 5.61. The minimum atomic E-state index is -0.687. The Morgan fingerprint density at radius 3 is 2.47 bits per heavy atom. The number of carboxylic acid groups (broad SMARTS) is 1. The first-order valence-electron chi connectivity index (χ1n) is 7.28. The van der Waals surface area contributed by atoms with Gasteiger partial charge in [0.05, 0.1) is 5.92 Å². The van der Waals surface area contributed by atoms with E-state index in [1.807, 2.05) is 0 Å². The van der Waals surface area contributed by atoms with Crippen LogP contribution in [0.1, 0.15) is 51.9 Å². The first-order chi connectivity index (χ1) is 9.02. The largest absolute Gasteiger partial charge is 0.481 e. The summed E-state index contributed by atoms with van der Waals surface area (Å²) in [6.45, 7) is 2.71. The molecule has 0 bridgehead atoms. The smallest absolute Gasteiger partial charge is 0.306 e. The van der Waals surface area contributed by atoms with Gasteiger partial charge in [-0.2, -0.15) is 0 Å². The van der Waals surface area contributed by atoms with Crippen LogP contribution in [0.5, 0.6) is 0 Å². The van der Waals surface area contributed by atoms with Crippen LogP contribution >= 0.6 is 0 Å². The van der Waals surface area contributed by atoms with E-state index < -0.39 is 5.97 Å². The summed E-state index contributed by atoms with van der Waals surface area (Å²) in [5.74, 6) is -0.443. The van der Waals surface area contributed by atoms with Crippen LogP contribution in [-0.2, 0) is 9.59 Å². The molecular weight excluding hydrogens is 244 g/mol. The molecule has 4 N–H and O–H groups in total. The molecule has 0 heterocycles. The number of nitrogens with two attached hydrogens (primary N) is 1. The lowest BCUT2D eigenvalue weighted by atomic mass is 9.82. The van der Waals surface area contributed by atoms with Gasteiger partial charge < -0.3 is 16.2 Å². The third-order valence-electron chi connectivity index (χ3n) is 3.89. The number of carbonyl (C=O) groups is 2. The van der Waals surface area contributed by atoms with Crippen molar-refractivity contribution in [3.05, 3.63) is 0 Å². The van der Waals surface area contributed by atoms with Gasteiger partial charge in [0.1, 0.15) is 0 Å². The Bertz CT molecular complexity index is 299. The van der Waals surface area contributed by atoms with Crippen LogP contribution in [0.15, 0.2) is 0 Å². The summed E-state index contributed by atoms with van der Waals surface area (Å²) in [6.07, 6.45) is 5.48. The lowest BCUT2D eigenvalue weighted by Gasteiger charge is -2.26. The van der Waals surface area contributed by atoms with Crippen molar-refractivity contribution in [1.29, 1.82) is 0 Å². The second-order valence-corrected chi connectivity index (χ2v) is 5.61. The maximum Gasteiger partial charge on any atom is 0.306 e. The molecule has 110 valence electrons. The topological polar surface area (TPSA) is 92.4 Å². The van der Waals surface area contributed by atoms with Gasteiger partial charge in [0, 0.05) is 19.0 Å². The van der Waals surface area contributed by atoms with Crippen LogP contribution < -0.4 is 11.1 Å². The normalized spacial score (nSPS) is 24.7. The van der Waals surface area contributed by atoms with Gasteiger partial charge >= 0.3 is 5.97 Å². The predicted molar refractivity (Wildman–Crippen MR) is 73.6 cm³/mol. The van der Waals surface area contributed by atoms with E-state index in [4.69, 9.17) is 10.8 Å². The Morgan fingerprint density at radius 2 is 1.95 bits per heavy atom. The molecule has 0 spiro atoms. The monoisotopic (exact) mass is 270 g/mol. The van der Waals surface area contributed by atoms with Gasteiger partial charge in [0.15, 0.2) is 0 Å². The van der Waals surface area contributed by atoms with Crippen molar-refractivity contribution in [3.8, 4) is 0 Å². The van der Waals surface area contributed by atoms with E-state index in [9.17, 15) is 9.59 Å². The van der Waals surface area contributed by atoms with Gasteiger partial charge in [-0.25, -0.2) is 0 Å². The molecule has 0 aromatic heterocycles. The second kappa shape index (κ2) is 8.15. The summed E-state index contributed by atoms with van der Waals surface area (Å²) in [4.78, 5) is 22.5. The average Bonchev–Trinajstić information content (AvgIpc) is 2.37. The molecule has 0 saturated heterocycles. The van der Waals surface area contributed by atoms with Crippen molar-refractivity contribution >= 4 is 11.9 Å². The Balaban J connectivity index is 2.16. The zero-order valence-electron chi connectivity index (χ0n) is 11.7. The molecule has 5 nitrogen and oxygen atoms in total. The zero-order chi connectivity index (χ0) is 14.3. The molecule has 1 aliphatic rings. The number of aliphatic carboxylic acids is 1. The van der Waals surface area contributed by atoms with Crippen molar-refractivity contribution in [3.63, 3.8) is 0 Å². The van der Waals surface area contributed by atoms with Gasteiger partial charge in [0.2, 0.25) is 5.91 Å². The number of hydrogen-bond acceptors (Lipinski definition) is 3. The SMILES string of the molecule is CCCC(N)CC(=O)NCC1CCC(C(=O)O)CC1. The zero-order valence-corrected chi connectivity index (χ0v) is 11.7. The molecule has 0 radical (unpaired) electrons. The number of carbonyl (C=O) groups excluding carboxylic acids is 1. The van der Waals surface area contributed by atoms with Gasteiger partial charge in [-0.3, -0.25) is 9.59 Å². The Kier molecular flexibility index (Phi) is 6.84. The molecular formula is C14H26N2O3. The van der Waals surface area contributed by atoms with E-state index in [1.54, 1.807) is 0 Å². The minimum absolute atomic E-state index is 0.0151. The number of nitrogens with one attached hydrogen (secondary N) is 1. The summed E-state index contributed by atoms with van der Waals surface area (Å²) in [5, 5.41) is 11.8.